The van der Waals surface area contributed by atoms with Gasteiger partial charge in [-0.1, -0.05) is 20.3 Å². The standard InChI is InChI=1S/C18H32N6O8/c1-3-8(2)14(18(31)32)24-16(29)10(6-13(21)27)22-17(30)11(7-25)23-15(28)9(19)4-5-12(20)26/h8-11,14,25H,3-7,19H2,1-2H3,(H2,20,26)(H2,21,27)(H,22,30)(H,23,28)(H,24,29)(H,31,32). The molecule has 0 heterocycles. The van der Waals surface area contributed by atoms with Gasteiger partial charge in [0.25, 0.3) is 0 Å². The molecule has 5 unspecified atom stereocenters. The second-order valence-electron chi connectivity index (χ2n) is 7.30. The zero-order chi connectivity index (χ0) is 25.0. The van der Waals surface area contributed by atoms with Gasteiger partial charge in [-0.05, 0) is 12.3 Å². The SMILES string of the molecule is CCC(C)C(NC(=O)C(CC(N)=O)NC(=O)C(CO)NC(=O)C(N)CCC(N)=O)C(=O)O. The molecule has 0 rings (SSSR count). The lowest BCUT2D eigenvalue weighted by Gasteiger charge is -2.25. The molecule has 14 nitrogen and oxygen atoms in total. The smallest absolute Gasteiger partial charge is 0.326 e. The Hall–Kier alpha value is -3.26. The summed E-state index contributed by atoms with van der Waals surface area (Å²) >= 11 is 0. The third-order valence-electron chi connectivity index (χ3n) is 4.67. The van der Waals surface area contributed by atoms with E-state index in [1.165, 1.54) is 0 Å². The van der Waals surface area contributed by atoms with Crippen LogP contribution < -0.4 is 33.2 Å². The zero-order valence-electron chi connectivity index (χ0n) is 18.0. The van der Waals surface area contributed by atoms with E-state index in [0.717, 1.165) is 0 Å². The molecule has 0 aliphatic carbocycles. The fraction of sp³-hybridized carbons (Fsp3) is 0.667. The van der Waals surface area contributed by atoms with Crippen LogP contribution in [0, 0.1) is 5.92 Å². The molecule has 0 saturated carbocycles. The first-order chi connectivity index (χ1) is 14.8. The summed E-state index contributed by atoms with van der Waals surface area (Å²) in [6.45, 7) is 2.44. The first-order valence-electron chi connectivity index (χ1n) is 9.90. The highest BCUT2D eigenvalue weighted by Crippen LogP contribution is 2.09. The predicted molar refractivity (Wildman–Crippen MR) is 110 cm³/mol. The van der Waals surface area contributed by atoms with Crippen molar-refractivity contribution in [3.05, 3.63) is 0 Å². The minimum atomic E-state index is -1.56. The van der Waals surface area contributed by atoms with Gasteiger partial charge in [0.1, 0.15) is 18.1 Å². The zero-order valence-corrected chi connectivity index (χ0v) is 18.0. The number of primary amides is 2. The van der Waals surface area contributed by atoms with E-state index in [1.54, 1.807) is 13.8 Å². The van der Waals surface area contributed by atoms with Gasteiger partial charge in [-0.15, -0.1) is 0 Å². The van der Waals surface area contributed by atoms with Crippen LogP contribution in [0.15, 0.2) is 0 Å². The van der Waals surface area contributed by atoms with E-state index < -0.39 is 78.6 Å². The molecule has 0 saturated heterocycles. The first-order valence-corrected chi connectivity index (χ1v) is 9.90. The number of nitrogens with one attached hydrogen (secondary N) is 3. The molecule has 11 N–H and O–H groups in total. The molecule has 182 valence electrons. The Kier molecular flexibility index (Phi) is 12.5. The summed E-state index contributed by atoms with van der Waals surface area (Å²) < 4.78 is 0. The van der Waals surface area contributed by atoms with Crippen molar-refractivity contribution in [1.29, 1.82) is 0 Å². The summed E-state index contributed by atoms with van der Waals surface area (Å²) in [4.78, 5) is 70.6. The molecule has 0 spiro atoms. The Balaban J connectivity index is 5.29. The number of aliphatic hydroxyl groups excluding tert-OH is 1. The molecule has 0 radical (unpaired) electrons. The Morgan fingerprint density at radius 3 is 1.84 bits per heavy atom. The van der Waals surface area contributed by atoms with E-state index >= 15 is 0 Å². The van der Waals surface area contributed by atoms with Crippen molar-refractivity contribution < 1.29 is 39.0 Å². The van der Waals surface area contributed by atoms with Gasteiger partial charge in [-0.25, -0.2) is 4.79 Å². The number of amides is 5. The van der Waals surface area contributed by atoms with Gasteiger partial charge in [0.05, 0.1) is 19.1 Å². The van der Waals surface area contributed by atoms with E-state index in [1.807, 2.05) is 0 Å². The summed E-state index contributed by atoms with van der Waals surface area (Å²) in [6, 6.07) is -5.58. The van der Waals surface area contributed by atoms with Gasteiger partial charge >= 0.3 is 5.97 Å². The van der Waals surface area contributed by atoms with Crippen molar-refractivity contribution in [1.82, 2.24) is 16.0 Å². The van der Waals surface area contributed by atoms with Gasteiger partial charge < -0.3 is 43.4 Å². The van der Waals surface area contributed by atoms with Crippen LogP contribution in [-0.2, 0) is 28.8 Å². The highest BCUT2D eigenvalue weighted by Gasteiger charge is 2.32. The summed E-state index contributed by atoms with van der Waals surface area (Å²) in [5.74, 6) is -6.28. The Bertz CT molecular complexity index is 716. The highest BCUT2D eigenvalue weighted by atomic mass is 16.4. The molecule has 0 fully saturated rings. The number of aliphatic hydroxyl groups is 1. The quantitative estimate of drug-likeness (QED) is 0.118. The van der Waals surface area contributed by atoms with Gasteiger partial charge in [-0.3, -0.25) is 24.0 Å². The molecular weight excluding hydrogens is 428 g/mol. The normalized spacial score (nSPS) is 15.4. The fourth-order valence-corrected chi connectivity index (χ4v) is 2.52. The Labute approximate surface area is 184 Å². The van der Waals surface area contributed by atoms with Crippen LogP contribution in [0.2, 0.25) is 0 Å². The Morgan fingerprint density at radius 2 is 1.41 bits per heavy atom. The minimum Gasteiger partial charge on any atom is -0.480 e. The molecule has 5 amide bonds. The number of rotatable bonds is 15. The summed E-state index contributed by atoms with van der Waals surface area (Å²) in [6.07, 6.45) is -0.500. The number of carbonyl (C=O) groups excluding carboxylic acids is 5. The number of carboxylic acids is 1. The molecule has 0 aromatic heterocycles. The number of carbonyl (C=O) groups is 6. The highest BCUT2D eigenvalue weighted by molar-refractivity contribution is 5.96. The van der Waals surface area contributed by atoms with Crippen LogP contribution in [0.4, 0.5) is 0 Å². The lowest BCUT2D eigenvalue weighted by Crippen LogP contribution is -2.59. The molecule has 0 aliphatic heterocycles. The second-order valence-corrected chi connectivity index (χ2v) is 7.30. The maximum Gasteiger partial charge on any atom is 0.326 e. The van der Waals surface area contributed by atoms with Crippen LogP contribution >= 0.6 is 0 Å². The molecule has 5 atom stereocenters. The molecule has 0 aromatic carbocycles. The summed E-state index contributed by atoms with van der Waals surface area (Å²) in [5.41, 5.74) is 15.7. The van der Waals surface area contributed by atoms with Crippen LogP contribution in [-0.4, -0.2) is 76.5 Å². The monoisotopic (exact) mass is 460 g/mol. The topological polar surface area (TPSA) is 257 Å². The number of hydrogen-bond donors (Lipinski definition) is 8. The number of carboxylic acid groups (broad SMARTS) is 1. The van der Waals surface area contributed by atoms with Crippen molar-refractivity contribution in [2.45, 2.75) is 63.7 Å². The molecule has 32 heavy (non-hydrogen) atoms. The van der Waals surface area contributed by atoms with E-state index in [0.29, 0.717) is 6.42 Å². The van der Waals surface area contributed by atoms with Crippen molar-refractivity contribution in [2.75, 3.05) is 6.61 Å². The van der Waals surface area contributed by atoms with Gasteiger partial charge in [0, 0.05) is 6.42 Å². The lowest BCUT2D eigenvalue weighted by atomic mass is 9.98. The van der Waals surface area contributed by atoms with Crippen molar-refractivity contribution in [2.24, 2.45) is 23.1 Å². The number of aliphatic carboxylic acids is 1. The lowest BCUT2D eigenvalue weighted by molar-refractivity contribution is -0.144. The van der Waals surface area contributed by atoms with Crippen LogP contribution in [0.25, 0.3) is 0 Å². The largest absolute Gasteiger partial charge is 0.480 e. The maximum absolute atomic E-state index is 12.5. The third kappa shape index (κ3) is 10.2. The molecule has 0 aliphatic rings. The van der Waals surface area contributed by atoms with E-state index in [9.17, 15) is 39.0 Å². The fourth-order valence-electron chi connectivity index (χ4n) is 2.52. The van der Waals surface area contributed by atoms with Crippen LogP contribution in [0.3, 0.4) is 0 Å². The van der Waals surface area contributed by atoms with Crippen molar-refractivity contribution >= 4 is 35.5 Å². The first kappa shape index (κ1) is 28.7. The maximum atomic E-state index is 12.5. The average molecular weight is 460 g/mol. The van der Waals surface area contributed by atoms with Gasteiger partial charge in [-0.2, -0.15) is 0 Å². The van der Waals surface area contributed by atoms with Crippen LogP contribution in [0.1, 0.15) is 39.5 Å². The minimum absolute atomic E-state index is 0.0974. The molecule has 0 bridgehead atoms. The number of nitrogens with two attached hydrogens (primary N) is 3. The third-order valence-corrected chi connectivity index (χ3v) is 4.67. The van der Waals surface area contributed by atoms with E-state index in [-0.39, 0.29) is 12.8 Å². The van der Waals surface area contributed by atoms with Crippen LogP contribution in [0.5, 0.6) is 0 Å². The molecule has 14 heteroatoms. The van der Waals surface area contributed by atoms with Crippen molar-refractivity contribution in [3.8, 4) is 0 Å². The summed E-state index contributed by atoms with van der Waals surface area (Å²) in [7, 11) is 0. The van der Waals surface area contributed by atoms with Gasteiger partial charge in [0.2, 0.25) is 29.5 Å². The molecule has 0 aromatic rings. The van der Waals surface area contributed by atoms with E-state index in [4.69, 9.17) is 17.2 Å². The number of hydrogen-bond acceptors (Lipinski definition) is 8. The van der Waals surface area contributed by atoms with Crippen molar-refractivity contribution in [3.63, 3.8) is 0 Å². The second kappa shape index (κ2) is 13.9. The van der Waals surface area contributed by atoms with E-state index in [2.05, 4.69) is 16.0 Å². The molecular formula is C18H32N6O8. The average Bonchev–Trinajstić information content (AvgIpc) is 2.71. The summed E-state index contributed by atoms with van der Waals surface area (Å²) in [5, 5.41) is 25.3. The van der Waals surface area contributed by atoms with Gasteiger partial charge in [0.15, 0.2) is 0 Å². The Morgan fingerprint density at radius 1 is 0.875 bits per heavy atom. The predicted octanol–water partition coefficient (Wildman–Crippen LogP) is -3.97.